The molecule has 0 saturated carbocycles. The van der Waals surface area contributed by atoms with Crippen LogP contribution in [0.15, 0.2) is 42.6 Å². The van der Waals surface area contributed by atoms with E-state index in [0.29, 0.717) is 16.8 Å². The minimum Gasteiger partial charge on any atom is -0.465 e. The van der Waals surface area contributed by atoms with Crippen LogP contribution in [-0.2, 0) is 4.74 Å². The molecule has 3 N–H and O–H groups in total. The lowest BCUT2D eigenvalue weighted by molar-refractivity contribution is 0.0600. The highest BCUT2D eigenvalue weighted by Crippen LogP contribution is 2.05. The molecule has 1 aromatic heterocycles. The molecule has 2 aromatic rings. The van der Waals surface area contributed by atoms with E-state index in [1.165, 1.54) is 31.4 Å². The molecular weight excluding hydrogens is 274 g/mol. The number of rotatable bonds is 3. The molecule has 0 spiro atoms. The number of hydrogen-bond donors (Lipinski definition) is 3. The first-order chi connectivity index (χ1) is 10.1. The third-order valence-electron chi connectivity index (χ3n) is 2.70. The number of ether oxygens (including phenoxy) is 1. The Bertz CT molecular complexity index is 647. The maximum Gasteiger partial charge on any atom is 0.337 e. The van der Waals surface area contributed by atoms with Crippen LogP contribution in [0.3, 0.4) is 0 Å². The summed E-state index contributed by atoms with van der Waals surface area (Å²) in [4.78, 5) is 37.4. The average molecular weight is 287 g/mol. The molecule has 108 valence electrons. The Morgan fingerprint density at radius 1 is 0.952 bits per heavy atom. The fourth-order valence-electron chi connectivity index (χ4n) is 1.60. The SMILES string of the molecule is COC(=O)c1ccc(C(=O)NNC(=O)c2ccc[nH]2)cc1. The van der Waals surface area contributed by atoms with Crippen LogP contribution in [0.1, 0.15) is 31.2 Å². The summed E-state index contributed by atoms with van der Waals surface area (Å²) >= 11 is 0. The molecule has 21 heavy (non-hydrogen) atoms. The number of hydrogen-bond acceptors (Lipinski definition) is 4. The van der Waals surface area contributed by atoms with E-state index < -0.39 is 17.8 Å². The molecule has 0 radical (unpaired) electrons. The van der Waals surface area contributed by atoms with Crippen molar-refractivity contribution in [1.29, 1.82) is 0 Å². The zero-order chi connectivity index (χ0) is 15.2. The van der Waals surface area contributed by atoms with Crippen molar-refractivity contribution in [2.24, 2.45) is 0 Å². The van der Waals surface area contributed by atoms with Gasteiger partial charge in [0.25, 0.3) is 11.8 Å². The molecule has 0 fully saturated rings. The summed E-state index contributed by atoms with van der Waals surface area (Å²) in [5.41, 5.74) is 5.51. The summed E-state index contributed by atoms with van der Waals surface area (Å²) < 4.78 is 4.56. The number of H-pyrrole nitrogens is 1. The molecule has 2 amide bonds. The largest absolute Gasteiger partial charge is 0.465 e. The predicted molar refractivity (Wildman–Crippen MR) is 73.5 cm³/mol. The molecule has 0 unspecified atom stereocenters. The number of benzene rings is 1. The Hall–Kier alpha value is -3.09. The molecule has 0 bridgehead atoms. The van der Waals surface area contributed by atoms with Crippen LogP contribution in [0.4, 0.5) is 0 Å². The second-order valence-corrected chi connectivity index (χ2v) is 4.06. The molecule has 7 nitrogen and oxygen atoms in total. The number of carbonyl (C=O) groups is 3. The highest BCUT2D eigenvalue weighted by Gasteiger charge is 2.11. The summed E-state index contributed by atoms with van der Waals surface area (Å²) in [6.45, 7) is 0. The lowest BCUT2D eigenvalue weighted by Crippen LogP contribution is -2.41. The predicted octanol–water partition coefficient (Wildman–Crippen LogP) is 0.876. The standard InChI is InChI=1S/C14H13N3O4/c1-21-14(20)10-6-4-9(5-7-10)12(18)16-17-13(19)11-3-2-8-15-11/h2-8,15H,1H3,(H,16,18)(H,17,19). The van der Waals surface area contributed by atoms with Gasteiger partial charge in [-0.25, -0.2) is 4.79 Å². The number of aromatic nitrogens is 1. The molecule has 7 heteroatoms. The zero-order valence-corrected chi connectivity index (χ0v) is 11.2. The topological polar surface area (TPSA) is 100 Å². The van der Waals surface area contributed by atoms with Crippen LogP contribution in [0.25, 0.3) is 0 Å². The van der Waals surface area contributed by atoms with Gasteiger partial charge in [0.05, 0.1) is 12.7 Å². The maximum atomic E-state index is 11.8. The van der Waals surface area contributed by atoms with Crippen molar-refractivity contribution >= 4 is 17.8 Å². The Kier molecular flexibility index (Phi) is 4.35. The number of methoxy groups -OCH3 is 1. The Labute approximate surface area is 120 Å². The van der Waals surface area contributed by atoms with Crippen molar-refractivity contribution in [3.63, 3.8) is 0 Å². The van der Waals surface area contributed by atoms with Gasteiger partial charge in [-0.05, 0) is 36.4 Å². The van der Waals surface area contributed by atoms with Crippen LogP contribution < -0.4 is 10.9 Å². The number of nitrogens with one attached hydrogen (secondary N) is 3. The quantitative estimate of drug-likeness (QED) is 0.576. The van der Waals surface area contributed by atoms with Crippen molar-refractivity contribution in [1.82, 2.24) is 15.8 Å². The first-order valence-electron chi connectivity index (χ1n) is 6.04. The van der Waals surface area contributed by atoms with Gasteiger partial charge < -0.3 is 9.72 Å². The number of amides is 2. The molecule has 1 heterocycles. The van der Waals surface area contributed by atoms with E-state index in [1.807, 2.05) is 0 Å². The second kappa shape index (κ2) is 6.38. The molecule has 2 rings (SSSR count). The second-order valence-electron chi connectivity index (χ2n) is 4.06. The Morgan fingerprint density at radius 3 is 2.14 bits per heavy atom. The smallest absolute Gasteiger partial charge is 0.337 e. The summed E-state index contributed by atoms with van der Waals surface area (Å²) in [6, 6.07) is 9.10. The van der Waals surface area contributed by atoms with Crippen LogP contribution in [0.2, 0.25) is 0 Å². The van der Waals surface area contributed by atoms with E-state index in [0.717, 1.165) is 0 Å². The van der Waals surface area contributed by atoms with Crippen molar-refractivity contribution < 1.29 is 19.1 Å². The highest BCUT2D eigenvalue weighted by molar-refractivity contribution is 5.99. The lowest BCUT2D eigenvalue weighted by Gasteiger charge is -2.07. The van der Waals surface area contributed by atoms with Gasteiger partial charge in [-0.2, -0.15) is 0 Å². The number of carbonyl (C=O) groups excluding carboxylic acids is 3. The molecule has 0 aliphatic rings. The normalized spacial score (nSPS) is 9.76. The zero-order valence-electron chi connectivity index (χ0n) is 11.2. The van der Waals surface area contributed by atoms with E-state index in [4.69, 9.17) is 0 Å². The molecule has 0 aliphatic heterocycles. The van der Waals surface area contributed by atoms with E-state index in [9.17, 15) is 14.4 Å². The Morgan fingerprint density at radius 2 is 1.57 bits per heavy atom. The maximum absolute atomic E-state index is 11.8. The summed E-state index contributed by atoms with van der Waals surface area (Å²) in [6.07, 6.45) is 1.60. The lowest BCUT2D eigenvalue weighted by atomic mass is 10.1. The van der Waals surface area contributed by atoms with Crippen LogP contribution in [-0.4, -0.2) is 29.9 Å². The molecule has 1 aromatic carbocycles. The average Bonchev–Trinajstić information content (AvgIpc) is 3.06. The summed E-state index contributed by atoms with van der Waals surface area (Å²) in [5.74, 6) is -1.44. The molecule has 0 atom stereocenters. The molecular formula is C14H13N3O4. The minimum absolute atomic E-state index is 0.300. The fraction of sp³-hybridized carbons (Fsp3) is 0.0714. The van der Waals surface area contributed by atoms with Crippen LogP contribution >= 0.6 is 0 Å². The Balaban J connectivity index is 1.94. The van der Waals surface area contributed by atoms with E-state index in [2.05, 4.69) is 20.6 Å². The van der Waals surface area contributed by atoms with E-state index in [1.54, 1.807) is 18.3 Å². The van der Waals surface area contributed by atoms with Gasteiger partial charge in [0.2, 0.25) is 0 Å². The van der Waals surface area contributed by atoms with E-state index >= 15 is 0 Å². The first-order valence-corrected chi connectivity index (χ1v) is 6.04. The third kappa shape index (κ3) is 3.47. The molecule has 0 aliphatic carbocycles. The third-order valence-corrected chi connectivity index (χ3v) is 2.70. The number of esters is 1. The number of aromatic amines is 1. The summed E-state index contributed by atoms with van der Waals surface area (Å²) in [5, 5.41) is 0. The van der Waals surface area contributed by atoms with Gasteiger partial charge in [-0.3, -0.25) is 20.4 Å². The van der Waals surface area contributed by atoms with Gasteiger partial charge in [0.1, 0.15) is 5.69 Å². The highest BCUT2D eigenvalue weighted by atomic mass is 16.5. The van der Waals surface area contributed by atoms with Crippen LogP contribution in [0.5, 0.6) is 0 Å². The van der Waals surface area contributed by atoms with Crippen molar-refractivity contribution in [3.8, 4) is 0 Å². The van der Waals surface area contributed by atoms with Gasteiger partial charge >= 0.3 is 5.97 Å². The fourth-order valence-corrected chi connectivity index (χ4v) is 1.60. The molecule has 0 saturated heterocycles. The summed E-state index contributed by atoms with van der Waals surface area (Å²) in [7, 11) is 1.28. The van der Waals surface area contributed by atoms with Gasteiger partial charge in [0, 0.05) is 11.8 Å². The van der Waals surface area contributed by atoms with Gasteiger partial charge in [-0.1, -0.05) is 0 Å². The van der Waals surface area contributed by atoms with E-state index in [-0.39, 0.29) is 0 Å². The van der Waals surface area contributed by atoms with Crippen molar-refractivity contribution in [2.45, 2.75) is 0 Å². The number of hydrazine groups is 1. The first kappa shape index (κ1) is 14.3. The van der Waals surface area contributed by atoms with Gasteiger partial charge in [-0.15, -0.1) is 0 Å². The van der Waals surface area contributed by atoms with Crippen molar-refractivity contribution in [3.05, 3.63) is 59.4 Å². The monoisotopic (exact) mass is 287 g/mol. The van der Waals surface area contributed by atoms with Gasteiger partial charge in [0.15, 0.2) is 0 Å². The minimum atomic E-state index is -0.494. The van der Waals surface area contributed by atoms with Crippen molar-refractivity contribution in [2.75, 3.05) is 7.11 Å². The van der Waals surface area contributed by atoms with Crippen LogP contribution in [0, 0.1) is 0 Å².